The normalized spacial score (nSPS) is 17.3. The van der Waals surface area contributed by atoms with Crippen LogP contribution in [0.4, 0.5) is 10.5 Å². The molecule has 0 spiro atoms. The van der Waals surface area contributed by atoms with Crippen LogP contribution in [-0.2, 0) is 4.79 Å². The standard InChI is InChI=1S/C13H17N3O3/c1-13(2)11(17)16(12(18)15-13)8-14-9-6-4-5-7-10(9)19-3/h4-7,14H,8H2,1-3H3,(H,15,18). The van der Waals surface area contributed by atoms with Gasteiger partial charge in [-0.25, -0.2) is 9.69 Å². The molecule has 1 aromatic rings. The van der Waals surface area contributed by atoms with Gasteiger partial charge in [-0.3, -0.25) is 4.79 Å². The van der Waals surface area contributed by atoms with E-state index >= 15 is 0 Å². The summed E-state index contributed by atoms with van der Waals surface area (Å²) in [6.07, 6.45) is 0. The van der Waals surface area contributed by atoms with E-state index in [1.807, 2.05) is 18.2 Å². The lowest BCUT2D eigenvalue weighted by Crippen LogP contribution is -2.41. The van der Waals surface area contributed by atoms with Crippen molar-refractivity contribution in [1.29, 1.82) is 0 Å². The molecule has 0 aliphatic carbocycles. The maximum atomic E-state index is 12.0. The zero-order chi connectivity index (χ0) is 14.0. The van der Waals surface area contributed by atoms with Crippen molar-refractivity contribution in [3.63, 3.8) is 0 Å². The quantitative estimate of drug-likeness (QED) is 0.805. The highest BCUT2D eigenvalue weighted by atomic mass is 16.5. The summed E-state index contributed by atoms with van der Waals surface area (Å²) in [6, 6.07) is 6.93. The zero-order valence-electron chi connectivity index (χ0n) is 11.2. The highest BCUT2D eigenvalue weighted by molar-refractivity contribution is 6.06. The average molecular weight is 263 g/mol. The van der Waals surface area contributed by atoms with Gasteiger partial charge in [-0.15, -0.1) is 0 Å². The van der Waals surface area contributed by atoms with E-state index in [9.17, 15) is 9.59 Å². The van der Waals surface area contributed by atoms with Gasteiger partial charge in [0.1, 0.15) is 18.0 Å². The second-order valence-electron chi connectivity index (χ2n) is 4.82. The molecule has 0 aromatic heterocycles. The lowest BCUT2D eigenvalue weighted by Gasteiger charge is -2.18. The fraction of sp³-hybridized carbons (Fsp3) is 0.385. The Morgan fingerprint density at radius 2 is 2.00 bits per heavy atom. The molecule has 19 heavy (non-hydrogen) atoms. The molecule has 0 unspecified atom stereocenters. The molecular formula is C13H17N3O3. The molecule has 2 N–H and O–H groups in total. The van der Waals surface area contributed by atoms with E-state index in [1.165, 1.54) is 0 Å². The van der Waals surface area contributed by atoms with Gasteiger partial charge in [0.2, 0.25) is 0 Å². The summed E-state index contributed by atoms with van der Waals surface area (Å²) in [6.45, 7) is 3.46. The van der Waals surface area contributed by atoms with Crippen LogP contribution in [0.5, 0.6) is 5.75 Å². The number of hydrogen-bond acceptors (Lipinski definition) is 4. The highest BCUT2D eigenvalue weighted by Crippen LogP contribution is 2.24. The van der Waals surface area contributed by atoms with Gasteiger partial charge < -0.3 is 15.4 Å². The van der Waals surface area contributed by atoms with E-state index in [0.29, 0.717) is 5.75 Å². The Morgan fingerprint density at radius 3 is 2.58 bits per heavy atom. The molecule has 1 aliphatic heterocycles. The molecule has 1 aliphatic rings. The molecular weight excluding hydrogens is 246 g/mol. The Balaban J connectivity index is 2.07. The number of carbonyl (C=O) groups is 2. The monoisotopic (exact) mass is 263 g/mol. The number of methoxy groups -OCH3 is 1. The summed E-state index contributed by atoms with van der Waals surface area (Å²) in [5.41, 5.74) is -0.116. The number of ether oxygens (including phenoxy) is 1. The largest absolute Gasteiger partial charge is 0.495 e. The van der Waals surface area contributed by atoms with Crippen LogP contribution in [0.1, 0.15) is 13.8 Å². The Morgan fingerprint density at radius 1 is 1.32 bits per heavy atom. The van der Waals surface area contributed by atoms with Crippen molar-refractivity contribution in [3.05, 3.63) is 24.3 Å². The number of rotatable bonds is 4. The lowest BCUT2D eigenvalue weighted by atomic mass is 10.1. The van der Waals surface area contributed by atoms with Crippen LogP contribution >= 0.6 is 0 Å². The Kier molecular flexibility index (Phi) is 3.33. The fourth-order valence-corrected chi connectivity index (χ4v) is 1.92. The number of urea groups is 1. The third-order valence-corrected chi connectivity index (χ3v) is 2.98. The first-order valence-corrected chi connectivity index (χ1v) is 5.96. The SMILES string of the molecule is COc1ccccc1NCN1C(=O)NC(C)(C)C1=O. The molecule has 0 saturated carbocycles. The summed E-state index contributed by atoms with van der Waals surface area (Å²) >= 11 is 0. The molecule has 1 fully saturated rings. The summed E-state index contributed by atoms with van der Waals surface area (Å²) in [4.78, 5) is 24.8. The average Bonchev–Trinajstić information content (AvgIpc) is 2.57. The number of benzene rings is 1. The third-order valence-electron chi connectivity index (χ3n) is 2.98. The first kappa shape index (κ1) is 13.2. The minimum absolute atomic E-state index is 0.106. The van der Waals surface area contributed by atoms with E-state index < -0.39 is 11.6 Å². The van der Waals surface area contributed by atoms with Crippen LogP contribution in [-0.4, -0.2) is 36.2 Å². The molecule has 1 saturated heterocycles. The van der Waals surface area contributed by atoms with E-state index in [0.717, 1.165) is 10.6 Å². The molecule has 2 rings (SSSR count). The van der Waals surface area contributed by atoms with Gasteiger partial charge in [-0.2, -0.15) is 0 Å². The van der Waals surface area contributed by atoms with Crippen LogP contribution in [0, 0.1) is 0 Å². The van der Waals surface area contributed by atoms with Gasteiger partial charge in [0, 0.05) is 0 Å². The topological polar surface area (TPSA) is 70.7 Å². The van der Waals surface area contributed by atoms with Crippen molar-refractivity contribution in [2.45, 2.75) is 19.4 Å². The second-order valence-corrected chi connectivity index (χ2v) is 4.82. The van der Waals surface area contributed by atoms with E-state index in [-0.39, 0.29) is 12.6 Å². The van der Waals surface area contributed by atoms with Crippen molar-refractivity contribution >= 4 is 17.6 Å². The summed E-state index contributed by atoms with van der Waals surface area (Å²) in [5, 5.41) is 5.65. The van der Waals surface area contributed by atoms with Gasteiger partial charge in [-0.05, 0) is 26.0 Å². The van der Waals surface area contributed by atoms with Gasteiger partial charge in [0.05, 0.1) is 12.8 Å². The summed E-state index contributed by atoms with van der Waals surface area (Å²) < 4.78 is 5.19. The fourth-order valence-electron chi connectivity index (χ4n) is 1.92. The molecule has 0 atom stereocenters. The molecule has 6 heteroatoms. The number of nitrogens with zero attached hydrogens (tertiary/aromatic N) is 1. The molecule has 102 valence electrons. The number of para-hydroxylation sites is 2. The smallest absolute Gasteiger partial charge is 0.326 e. The van der Waals surface area contributed by atoms with Gasteiger partial charge in [-0.1, -0.05) is 12.1 Å². The number of imide groups is 1. The number of amides is 3. The van der Waals surface area contributed by atoms with Gasteiger partial charge in [0.15, 0.2) is 0 Å². The van der Waals surface area contributed by atoms with Gasteiger partial charge >= 0.3 is 6.03 Å². The second kappa shape index (κ2) is 4.79. The maximum absolute atomic E-state index is 12.0. The molecule has 3 amide bonds. The van der Waals surface area contributed by atoms with E-state index in [4.69, 9.17) is 4.74 Å². The predicted octanol–water partition coefficient (Wildman–Crippen LogP) is 1.39. The first-order valence-electron chi connectivity index (χ1n) is 5.96. The van der Waals surface area contributed by atoms with Gasteiger partial charge in [0.25, 0.3) is 5.91 Å². The van der Waals surface area contributed by atoms with E-state index in [1.54, 1.807) is 27.0 Å². The third kappa shape index (κ3) is 2.47. The Labute approximate surface area is 111 Å². The molecule has 1 aromatic carbocycles. The molecule has 0 radical (unpaired) electrons. The minimum atomic E-state index is -0.848. The van der Waals surface area contributed by atoms with Crippen LogP contribution in [0.3, 0.4) is 0 Å². The van der Waals surface area contributed by atoms with Crippen LogP contribution < -0.4 is 15.4 Å². The maximum Gasteiger partial charge on any atom is 0.326 e. The van der Waals surface area contributed by atoms with E-state index in [2.05, 4.69) is 10.6 Å². The summed E-state index contributed by atoms with van der Waals surface area (Å²) in [7, 11) is 1.57. The molecule has 1 heterocycles. The van der Waals surface area contributed by atoms with Crippen molar-refractivity contribution in [3.8, 4) is 5.75 Å². The first-order chi connectivity index (χ1) is 8.95. The van der Waals surface area contributed by atoms with Crippen molar-refractivity contribution in [2.24, 2.45) is 0 Å². The number of hydrogen-bond donors (Lipinski definition) is 2. The number of carbonyl (C=O) groups excluding carboxylic acids is 2. The van der Waals surface area contributed by atoms with Crippen LogP contribution in [0.15, 0.2) is 24.3 Å². The zero-order valence-corrected chi connectivity index (χ0v) is 11.2. The van der Waals surface area contributed by atoms with Crippen molar-refractivity contribution in [2.75, 3.05) is 19.1 Å². The molecule has 0 bridgehead atoms. The summed E-state index contributed by atoms with van der Waals surface area (Å²) in [5.74, 6) is 0.411. The molecule has 6 nitrogen and oxygen atoms in total. The van der Waals surface area contributed by atoms with Crippen molar-refractivity contribution in [1.82, 2.24) is 10.2 Å². The van der Waals surface area contributed by atoms with Crippen molar-refractivity contribution < 1.29 is 14.3 Å². The van der Waals surface area contributed by atoms with Crippen LogP contribution in [0.2, 0.25) is 0 Å². The van der Waals surface area contributed by atoms with Crippen LogP contribution in [0.25, 0.3) is 0 Å². The number of anilines is 1. The minimum Gasteiger partial charge on any atom is -0.495 e. The Hall–Kier alpha value is -2.24. The Bertz CT molecular complexity index is 514. The lowest BCUT2D eigenvalue weighted by molar-refractivity contribution is -0.129. The highest BCUT2D eigenvalue weighted by Gasteiger charge is 2.44. The number of nitrogens with one attached hydrogen (secondary N) is 2. The predicted molar refractivity (Wildman–Crippen MR) is 70.9 cm³/mol.